The zero-order chi connectivity index (χ0) is 20.3. The van der Waals surface area contributed by atoms with Gasteiger partial charge in [-0.15, -0.1) is 0 Å². The molecule has 0 aliphatic heterocycles. The number of nitrogens with two attached hydrogens (primary N) is 2. The van der Waals surface area contributed by atoms with Crippen LogP contribution in [0.1, 0.15) is 33.1 Å². The molecule has 0 saturated carbocycles. The summed E-state index contributed by atoms with van der Waals surface area (Å²) in [6.45, 7) is 2.58. The van der Waals surface area contributed by atoms with E-state index in [2.05, 4.69) is 16.0 Å². The molecule has 0 aliphatic rings. The zero-order valence-corrected chi connectivity index (χ0v) is 15.0. The van der Waals surface area contributed by atoms with Gasteiger partial charge in [-0.25, -0.2) is 0 Å². The molecule has 0 aliphatic carbocycles. The van der Waals surface area contributed by atoms with Crippen LogP contribution >= 0.6 is 0 Å². The SMILES string of the molecule is CC(NC(=O)C(CCCCN)NC(=O)C(N)C(C)O)C(=O)NCC(=O)O. The first-order valence-electron chi connectivity index (χ1n) is 8.34. The lowest BCUT2D eigenvalue weighted by Crippen LogP contribution is -2.56. The number of unbranched alkanes of at least 4 members (excludes halogenated alkanes) is 1. The van der Waals surface area contributed by atoms with Crippen molar-refractivity contribution < 1.29 is 29.4 Å². The summed E-state index contributed by atoms with van der Waals surface area (Å²) >= 11 is 0. The quantitative estimate of drug-likeness (QED) is 0.175. The van der Waals surface area contributed by atoms with Crippen molar-refractivity contribution in [1.82, 2.24) is 16.0 Å². The number of hydrogen-bond acceptors (Lipinski definition) is 7. The molecule has 11 heteroatoms. The number of aliphatic hydroxyl groups is 1. The fourth-order valence-electron chi connectivity index (χ4n) is 1.94. The number of rotatable bonds is 12. The molecule has 0 aromatic heterocycles. The van der Waals surface area contributed by atoms with Gasteiger partial charge < -0.3 is 37.6 Å². The van der Waals surface area contributed by atoms with Crippen LogP contribution in [0.4, 0.5) is 0 Å². The molecule has 0 fully saturated rings. The highest BCUT2D eigenvalue weighted by Crippen LogP contribution is 2.03. The molecule has 0 spiro atoms. The van der Waals surface area contributed by atoms with Gasteiger partial charge in [0.05, 0.1) is 6.10 Å². The second kappa shape index (κ2) is 12.2. The van der Waals surface area contributed by atoms with Crippen LogP contribution in [0, 0.1) is 0 Å². The molecule has 9 N–H and O–H groups in total. The van der Waals surface area contributed by atoms with E-state index in [4.69, 9.17) is 16.6 Å². The smallest absolute Gasteiger partial charge is 0.322 e. The normalized spacial score (nSPS) is 15.3. The molecular weight excluding hydrogens is 346 g/mol. The Balaban J connectivity index is 4.84. The molecule has 3 amide bonds. The van der Waals surface area contributed by atoms with Crippen molar-refractivity contribution >= 4 is 23.7 Å². The van der Waals surface area contributed by atoms with Crippen molar-refractivity contribution in [1.29, 1.82) is 0 Å². The van der Waals surface area contributed by atoms with E-state index in [0.29, 0.717) is 19.4 Å². The minimum absolute atomic E-state index is 0.269. The summed E-state index contributed by atoms with van der Waals surface area (Å²) < 4.78 is 0. The van der Waals surface area contributed by atoms with E-state index in [1.807, 2.05) is 0 Å². The van der Waals surface area contributed by atoms with Crippen LogP contribution in [0.25, 0.3) is 0 Å². The largest absolute Gasteiger partial charge is 0.480 e. The first-order chi connectivity index (χ1) is 12.1. The Bertz CT molecular complexity index is 499. The van der Waals surface area contributed by atoms with Crippen LogP contribution < -0.4 is 27.4 Å². The topological polar surface area (TPSA) is 197 Å². The lowest BCUT2D eigenvalue weighted by atomic mass is 10.1. The van der Waals surface area contributed by atoms with Gasteiger partial charge in [0.25, 0.3) is 0 Å². The summed E-state index contributed by atoms with van der Waals surface area (Å²) in [5.41, 5.74) is 11.0. The van der Waals surface area contributed by atoms with E-state index < -0.39 is 54.5 Å². The molecule has 0 aromatic carbocycles. The fraction of sp³-hybridized carbons (Fsp3) is 0.733. The summed E-state index contributed by atoms with van der Waals surface area (Å²) in [7, 11) is 0. The van der Waals surface area contributed by atoms with Crippen LogP contribution in [-0.2, 0) is 19.2 Å². The molecule has 0 aromatic rings. The Morgan fingerprint density at radius 2 is 1.62 bits per heavy atom. The third-order valence-electron chi connectivity index (χ3n) is 3.57. The molecule has 0 rings (SSSR count). The molecule has 0 saturated heterocycles. The minimum Gasteiger partial charge on any atom is -0.480 e. The molecule has 150 valence electrons. The highest BCUT2D eigenvalue weighted by atomic mass is 16.4. The number of amides is 3. The molecule has 26 heavy (non-hydrogen) atoms. The zero-order valence-electron chi connectivity index (χ0n) is 15.0. The molecule has 0 bridgehead atoms. The summed E-state index contributed by atoms with van der Waals surface area (Å²) in [5, 5.41) is 24.9. The van der Waals surface area contributed by atoms with Gasteiger partial charge >= 0.3 is 5.97 Å². The highest BCUT2D eigenvalue weighted by Gasteiger charge is 2.27. The van der Waals surface area contributed by atoms with Gasteiger partial charge in [-0.3, -0.25) is 19.2 Å². The van der Waals surface area contributed by atoms with Crippen LogP contribution in [0.5, 0.6) is 0 Å². The Morgan fingerprint density at radius 1 is 1.00 bits per heavy atom. The maximum absolute atomic E-state index is 12.4. The van der Waals surface area contributed by atoms with Crippen LogP contribution in [-0.4, -0.2) is 71.2 Å². The Morgan fingerprint density at radius 3 is 2.12 bits per heavy atom. The second-order valence-corrected chi connectivity index (χ2v) is 5.95. The van der Waals surface area contributed by atoms with Crippen molar-refractivity contribution in [2.45, 2.75) is 57.3 Å². The second-order valence-electron chi connectivity index (χ2n) is 5.95. The average Bonchev–Trinajstić information content (AvgIpc) is 2.57. The number of carboxylic acid groups (broad SMARTS) is 1. The maximum Gasteiger partial charge on any atom is 0.322 e. The van der Waals surface area contributed by atoms with Gasteiger partial charge in [-0.05, 0) is 39.7 Å². The molecular formula is C15H29N5O6. The van der Waals surface area contributed by atoms with Crippen LogP contribution in [0.15, 0.2) is 0 Å². The van der Waals surface area contributed by atoms with Gasteiger partial charge in [-0.2, -0.15) is 0 Å². The van der Waals surface area contributed by atoms with Gasteiger partial charge in [0, 0.05) is 0 Å². The maximum atomic E-state index is 12.4. The number of carboxylic acids is 1. The summed E-state index contributed by atoms with van der Waals surface area (Å²) in [6, 6.07) is -3.16. The van der Waals surface area contributed by atoms with Crippen LogP contribution in [0.3, 0.4) is 0 Å². The number of carbonyl (C=O) groups is 4. The first-order valence-corrected chi connectivity index (χ1v) is 8.34. The molecule has 0 heterocycles. The van der Waals surface area contributed by atoms with Crippen LogP contribution in [0.2, 0.25) is 0 Å². The monoisotopic (exact) mass is 375 g/mol. The average molecular weight is 375 g/mol. The first kappa shape index (κ1) is 23.8. The molecule has 4 unspecified atom stereocenters. The van der Waals surface area contributed by atoms with Crippen molar-refractivity contribution in [2.24, 2.45) is 11.5 Å². The van der Waals surface area contributed by atoms with E-state index in [-0.39, 0.29) is 6.42 Å². The third-order valence-corrected chi connectivity index (χ3v) is 3.57. The van der Waals surface area contributed by atoms with Crippen molar-refractivity contribution in [3.63, 3.8) is 0 Å². The Kier molecular flexibility index (Phi) is 11.1. The lowest BCUT2D eigenvalue weighted by Gasteiger charge is -2.23. The molecule has 4 atom stereocenters. The van der Waals surface area contributed by atoms with Gasteiger partial charge in [0.1, 0.15) is 24.7 Å². The predicted octanol–water partition coefficient (Wildman–Crippen LogP) is -2.99. The lowest BCUT2D eigenvalue weighted by molar-refractivity contribution is -0.138. The van der Waals surface area contributed by atoms with E-state index >= 15 is 0 Å². The third kappa shape index (κ3) is 9.30. The molecule has 0 radical (unpaired) electrons. The van der Waals surface area contributed by atoms with Crippen molar-refractivity contribution in [2.75, 3.05) is 13.1 Å². The summed E-state index contributed by atoms with van der Waals surface area (Å²) in [4.78, 5) is 46.5. The summed E-state index contributed by atoms with van der Waals surface area (Å²) in [6.07, 6.45) is 0.364. The fourth-order valence-corrected chi connectivity index (χ4v) is 1.94. The standard InChI is InChI=1S/C15H29N5O6/c1-8(13(24)18-7-11(22)23)19-14(25)10(5-3-4-6-16)20-15(26)12(17)9(2)21/h8-10,12,21H,3-7,16-17H2,1-2H3,(H,18,24)(H,19,25)(H,20,26)(H,22,23). The number of aliphatic carboxylic acids is 1. The Hall–Kier alpha value is -2.24. The highest BCUT2D eigenvalue weighted by molar-refractivity contribution is 5.93. The van der Waals surface area contributed by atoms with Crippen molar-refractivity contribution in [3.05, 3.63) is 0 Å². The number of carbonyl (C=O) groups excluding carboxylic acids is 3. The van der Waals surface area contributed by atoms with E-state index in [0.717, 1.165) is 0 Å². The van der Waals surface area contributed by atoms with Crippen molar-refractivity contribution in [3.8, 4) is 0 Å². The van der Waals surface area contributed by atoms with Gasteiger partial charge in [0.15, 0.2) is 0 Å². The van der Waals surface area contributed by atoms with Gasteiger partial charge in [-0.1, -0.05) is 0 Å². The predicted molar refractivity (Wildman–Crippen MR) is 92.7 cm³/mol. The van der Waals surface area contributed by atoms with E-state index in [1.54, 1.807) is 0 Å². The number of hydrogen-bond donors (Lipinski definition) is 7. The number of aliphatic hydroxyl groups excluding tert-OH is 1. The van der Waals surface area contributed by atoms with Gasteiger partial charge in [0.2, 0.25) is 17.7 Å². The summed E-state index contributed by atoms with van der Waals surface area (Å²) in [5.74, 6) is -3.20. The minimum atomic E-state index is -1.21. The molecule has 11 nitrogen and oxygen atoms in total. The number of nitrogens with one attached hydrogen (secondary N) is 3. The van der Waals surface area contributed by atoms with E-state index in [1.165, 1.54) is 13.8 Å². The van der Waals surface area contributed by atoms with E-state index in [9.17, 15) is 24.3 Å². The Labute approximate surface area is 151 Å².